The molecular formula is C15H13BrN2O2S. The van der Waals surface area contributed by atoms with Gasteiger partial charge < -0.3 is 9.84 Å². The average Bonchev–Trinajstić information content (AvgIpc) is 2.88. The lowest BCUT2D eigenvalue weighted by molar-refractivity contribution is 0.317. The van der Waals surface area contributed by atoms with E-state index in [9.17, 15) is 10.4 Å². The lowest BCUT2D eigenvalue weighted by atomic mass is 10.1. The van der Waals surface area contributed by atoms with E-state index in [0.29, 0.717) is 27.4 Å². The number of aryl methyl sites for hydroxylation is 1. The quantitative estimate of drug-likeness (QED) is 0.817. The molecule has 1 aromatic carbocycles. The van der Waals surface area contributed by atoms with Gasteiger partial charge in [0.15, 0.2) is 11.5 Å². The zero-order valence-corrected chi connectivity index (χ0v) is 14.0. The Kier molecular flexibility index (Phi) is 4.99. The molecule has 1 aromatic heterocycles. The standard InChI is InChI=1S/C15H13BrN2O2S/c1-3-20-13-6-10(5-12(16)14(13)19)4-11(7-17)15-18-9(2)8-21-15/h4-6,8,19H,3H2,1-2H3/b11-4-. The first-order valence-corrected chi connectivity index (χ1v) is 7.92. The van der Waals surface area contributed by atoms with Crippen molar-refractivity contribution in [2.24, 2.45) is 0 Å². The van der Waals surface area contributed by atoms with E-state index in [1.807, 2.05) is 19.2 Å². The summed E-state index contributed by atoms with van der Waals surface area (Å²) in [5.41, 5.74) is 2.12. The topological polar surface area (TPSA) is 66.1 Å². The van der Waals surface area contributed by atoms with E-state index in [0.717, 1.165) is 11.3 Å². The molecule has 2 aromatic rings. The van der Waals surface area contributed by atoms with Crippen LogP contribution in [-0.2, 0) is 0 Å². The van der Waals surface area contributed by atoms with Gasteiger partial charge in [-0.15, -0.1) is 11.3 Å². The van der Waals surface area contributed by atoms with Crippen molar-refractivity contribution < 1.29 is 9.84 Å². The molecule has 0 spiro atoms. The van der Waals surface area contributed by atoms with Gasteiger partial charge in [0.25, 0.3) is 0 Å². The highest BCUT2D eigenvalue weighted by Gasteiger charge is 2.10. The summed E-state index contributed by atoms with van der Waals surface area (Å²) < 4.78 is 5.90. The largest absolute Gasteiger partial charge is 0.503 e. The summed E-state index contributed by atoms with van der Waals surface area (Å²) in [7, 11) is 0. The number of hydrogen-bond donors (Lipinski definition) is 1. The molecule has 0 saturated carbocycles. The normalized spacial score (nSPS) is 11.2. The van der Waals surface area contributed by atoms with Crippen LogP contribution in [0.3, 0.4) is 0 Å². The number of thiazole rings is 1. The first kappa shape index (κ1) is 15.5. The molecule has 1 heterocycles. The van der Waals surface area contributed by atoms with Crippen LogP contribution in [0.1, 0.15) is 23.2 Å². The number of rotatable bonds is 4. The zero-order valence-electron chi connectivity index (χ0n) is 11.6. The summed E-state index contributed by atoms with van der Waals surface area (Å²) in [5, 5.41) is 21.8. The predicted molar refractivity (Wildman–Crippen MR) is 87.3 cm³/mol. The number of phenols is 1. The number of ether oxygens (including phenoxy) is 1. The third-order valence-corrected chi connectivity index (χ3v) is 4.23. The van der Waals surface area contributed by atoms with Crippen molar-refractivity contribution in [1.82, 2.24) is 4.98 Å². The van der Waals surface area contributed by atoms with Gasteiger partial charge in [-0.1, -0.05) is 0 Å². The fraction of sp³-hybridized carbons (Fsp3) is 0.200. The SMILES string of the molecule is CCOc1cc(/C=C(/C#N)c2nc(C)cs2)cc(Br)c1O. The van der Waals surface area contributed by atoms with Crippen LogP contribution in [-0.4, -0.2) is 16.7 Å². The second kappa shape index (κ2) is 6.74. The zero-order chi connectivity index (χ0) is 15.4. The summed E-state index contributed by atoms with van der Waals surface area (Å²) in [4.78, 5) is 4.31. The fourth-order valence-corrected chi connectivity index (χ4v) is 2.95. The van der Waals surface area contributed by atoms with E-state index >= 15 is 0 Å². The molecule has 1 N–H and O–H groups in total. The van der Waals surface area contributed by atoms with Crippen molar-refractivity contribution >= 4 is 38.9 Å². The molecule has 4 nitrogen and oxygen atoms in total. The van der Waals surface area contributed by atoms with Crippen molar-refractivity contribution in [1.29, 1.82) is 5.26 Å². The second-order valence-corrected chi connectivity index (χ2v) is 5.96. The van der Waals surface area contributed by atoms with Crippen molar-refractivity contribution in [2.45, 2.75) is 13.8 Å². The van der Waals surface area contributed by atoms with Crippen LogP contribution in [0, 0.1) is 18.3 Å². The van der Waals surface area contributed by atoms with Crippen molar-refractivity contribution in [3.63, 3.8) is 0 Å². The summed E-state index contributed by atoms with van der Waals surface area (Å²) in [6, 6.07) is 5.58. The Balaban J connectivity index is 2.46. The number of phenolic OH excluding ortho intramolecular Hbond substituents is 1. The molecule has 0 atom stereocenters. The van der Waals surface area contributed by atoms with Gasteiger partial charge in [-0.3, -0.25) is 0 Å². The molecule has 0 aliphatic rings. The van der Waals surface area contributed by atoms with Gasteiger partial charge in [-0.25, -0.2) is 4.98 Å². The minimum atomic E-state index is 0.0533. The average molecular weight is 365 g/mol. The monoisotopic (exact) mass is 364 g/mol. The number of allylic oxidation sites excluding steroid dienone is 1. The number of benzene rings is 1. The maximum atomic E-state index is 9.90. The van der Waals surface area contributed by atoms with Crippen LogP contribution in [0.5, 0.6) is 11.5 Å². The molecule has 0 unspecified atom stereocenters. The Morgan fingerprint density at radius 1 is 1.57 bits per heavy atom. The van der Waals surface area contributed by atoms with E-state index < -0.39 is 0 Å². The first-order valence-electron chi connectivity index (χ1n) is 6.24. The van der Waals surface area contributed by atoms with Gasteiger partial charge in [-0.05, 0) is 53.5 Å². The van der Waals surface area contributed by atoms with Crippen LogP contribution < -0.4 is 4.74 Å². The van der Waals surface area contributed by atoms with Gasteiger partial charge in [0.2, 0.25) is 0 Å². The first-order chi connectivity index (χ1) is 10.0. The van der Waals surface area contributed by atoms with Gasteiger partial charge >= 0.3 is 0 Å². The molecule has 6 heteroatoms. The van der Waals surface area contributed by atoms with E-state index in [1.165, 1.54) is 11.3 Å². The smallest absolute Gasteiger partial charge is 0.172 e. The van der Waals surface area contributed by atoms with Crippen LogP contribution in [0.2, 0.25) is 0 Å². The molecule has 0 bridgehead atoms. The van der Waals surface area contributed by atoms with Crippen molar-refractivity contribution in [3.8, 4) is 17.6 Å². The summed E-state index contributed by atoms with van der Waals surface area (Å²) >= 11 is 4.71. The molecule has 0 saturated heterocycles. The van der Waals surface area contributed by atoms with Gasteiger partial charge in [0.1, 0.15) is 11.1 Å². The van der Waals surface area contributed by atoms with E-state index in [-0.39, 0.29) is 5.75 Å². The molecule has 21 heavy (non-hydrogen) atoms. The van der Waals surface area contributed by atoms with E-state index in [2.05, 4.69) is 27.0 Å². The van der Waals surface area contributed by atoms with Gasteiger partial charge in [0, 0.05) is 11.1 Å². The van der Waals surface area contributed by atoms with Crippen LogP contribution >= 0.6 is 27.3 Å². The maximum absolute atomic E-state index is 9.90. The highest BCUT2D eigenvalue weighted by Crippen LogP contribution is 2.36. The Morgan fingerprint density at radius 3 is 2.90 bits per heavy atom. The minimum absolute atomic E-state index is 0.0533. The third kappa shape index (κ3) is 3.63. The number of nitriles is 1. The number of aromatic nitrogens is 1. The number of hydrogen-bond acceptors (Lipinski definition) is 5. The summed E-state index contributed by atoms with van der Waals surface area (Å²) in [5.74, 6) is 0.434. The maximum Gasteiger partial charge on any atom is 0.172 e. The molecular weight excluding hydrogens is 352 g/mol. The molecule has 0 aliphatic carbocycles. The van der Waals surface area contributed by atoms with Crippen molar-refractivity contribution in [3.05, 3.63) is 38.3 Å². The molecule has 0 aliphatic heterocycles. The van der Waals surface area contributed by atoms with Crippen molar-refractivity contribution in [2.75, 3.05) is 6.61 Å². The number of nitrogens with zero attached hydrogens (tertiary/aromatic N) is 2. The third-order valence-electron chi connectivity index (χ3n) is 2.63. The molecule has 0 amide bonds. The van der Waals surface area contributed by atoms with Crippen LogP contribution in [0.15, 0.2) is 22.0 Å². The second-order valence-electron chi connectivity index (χ2n) is 4.25. The molecule has 108 valence electrons. The summed E-state index contributed by atoms with van der Waals surface area (Å²) in [6.07, 6.45) is 1.73. The highest BCUT2D eigenvalue weighted by molar-refractivity contribution is 9.10. The number of halogens is 1. The Hall–Kier alpha value is -1.84. The van der Waals surface area contributed by atoms with E-state index in [4.69, 9.17) is 4.74 Å². The predicted octanol–water partition coefficient (Wildman–Crippen LogP) is 4.38. The van der Waals surface area contributed by atoms with Gasteiger partial charge in [0.05, 0.1) is 16.7 Å². The lowest BCUT2D eigenvalue weighted by Gasteiger charge is -2.08. The molecule has 0 radical (unpaired) electrons. The van der Waals surface area contributed by atoms with Gasteiger partial charge in [-0.2, -0.15) is 5.26 Å². The molecule has 2 rings (SSSR count). The minimum Gasteiger partial charge on any atom is -0.503 e. The van der Waals surface area contributed by atoms with Crippen LogP contribution in [0.4, 0.5) is 0 Å². The Labute approximate surface area is 135 Å². The van der Waals surface area contributed by atoms with Crippen LogP contribution in [0.25, 0.3) is 11.6 Å². The summed E-state index contributed by atoms with van der Waals surface area (Å²) in [6.45, 7) is 4.18. The number of aromatic hydroxyl groups is 1. The molecule has 0 fully saturated rings. The Bertz CT molecular complexity index is 732. The fourth-order valence-electron chi connectivity index (χ4n) is 1.73. The van der Waals surface area contributed by atoms with E-state index in [1.54, 1.807) is 18.2 Å². The Morgan fingerprint density at radius 2 is 2.33 bits per heavy atom. The lowest BCUT2D eigenvalue weighted by Crippen LogP contribution is -1.93. The highest BCUT2D eigenvalue weighted by atomic mass is 79.9.